The maximum absolute atomic E-state index is 10.9. The fourth-order valence-electron chi connectivity index (χ4n) is 1.84. The molecule has 1 saturated carbocycles. The lowest BCUT2D eigenvalue weighted by molar-refractivity contribution is 0.335. The van der Waals surface area contributed by atoms with Gasteiger partial charge in [-0.1, -0.05) is 17.3 Å². The van der Waals surface area contributed by atoms with Gasteiger partial charge in [0.2, 0.25) is 0 Å². The summed E-state index contributed by atoms with van der Waals surface area (Å²) >= 11 is 0. The van der Waals surface area contributed by atoms with Crippen LogP contribution in [-0.4, -0.2) is 27.5 Å². The Morgan fingerprint density at radius 2 is 1.94 bits per heavy atom. The molecule has 98 valence electrons. The summed E-state index contributed by atoms with van der Waals surface area (Å²) in [6.45, 7) is 0. The molecule has 1 fully saturated rings. The topological polar surface area (TPSA) is 65.0 Å². The van der Waals surface area contributed by atoms with E-state index >= 15 is 0 Å². The fraction of sp³-hybridized carbons (Fsp3) is 0.417. The van der Waals surface area contributed by atoms with E-state index in [1.807, 2.05) is 24.3 Å². The molecule has 0 amide bonds. The number of hydrogen-bond acceptors (Lipinski definition) is 5. The van der Waals surface area contributed by atoms with Crippen LogP contribution >= 0.6 is 0 Å². The number of ether oxygens (including phenoxy) is 1. The Balaban J connectivity index is 2.09. The summed E-state index contributed by atoms with van der Waals surface area (Å²) in [5.41, 5.74) is 1.86. The van der Waals surface area contributed by atoms with Gasteiger partial charge < -0.3 is 4.74 Å². The molecule has 0 radical (unpaired) electrons. The maximum Gasteiger partial charge on any atom is 0.325 e. The molecule has 1 aromatic carbocycles. The first-order valence-electron chi connectivity index (χ1n) is 5.59. The highest BCUT2D eigenvalue weighted by atomic mass is 32.2. The molecule has 0 bridgehead atoms. The minimum Gasteiger partial charge on any atom is -0.497 e. The van der Waals surface area contributed by atoms with E-state index in [0.717, 1.165) is 36.1 Å². The second-order valence-corrected chi connectivity index (χ2v) is 5.78. The van der Waals surface area contributed by atoms with Gasteiger partial charge in [0.25, 0.3) is 0 Å². The van der Waals surface area contributed by atoms with Gasteiger partial charge in [0.15, 0.2) is 0 Å². The third-order valence-electron chi connectivity index (χ3n) is 2.90. The average molecular weight is 269 g/mol. The number of methoxy groups -OCH3 is 1. The second kappa shape index (κ2) is 4.97. The molecule has 0 aliphatic heterocycles. The fourth-order valence-corrected chi connectivity index (χ4v) is 2.07. The average Bonchev–Trinajstić information content (AvgIpc) is 2.27. The van der Waals surface area contributed by atoms with Crippen molar-refractivity contribution in [2.75, 3.05) is 13.4 Å². The molecule has 18 heavy (non-hydrogen) atoms. The van der Waals surface area contributed by atoms with Crippen molar-refractivity contribution in [2.45, 2.75) is 18.8 Å². The predicted octanol–water partition coefficient (Wildman–Crippen LogP) is 1.90. The highest BCUT2D eigenvalue weighted by molar-refractivity contribution is 7.85. The largest absolute Gasteiger partial charge is 0.497 e. The van der Waals surface area contributed by atoms with E-state index in [1.165, 1.54) is 0 Å². The van der Waals surface area contributed by atoms with E-state index in [4.69, 9.17) is 4.74 Å². The number of oxime groups is 1. The van der Waals surface area contributed by atoms with E-state index in [2.05, 4.69) is 9.44 Å². The van der Waals surface area contributed by atoms with Gasteiger partial charge in [-0.2, -0.15) is 8.42 Å². The van der Waals surface area contributed by atoms with Gasteiger partial charge in [-0.25, -0.2) is 0 Å². The van der Waals surface area contributed by atoms with E-state index < -0.39 is 10.1 Å². The first-order chi connectivity index (χ1) is 8.49. The summed E-state index contributed by atoms with van der Waals surface area (Å²) in [7, 11) is -1.90. The molecule has 0 spiro atoms. The van der Waals surface area contributed by atoms with Crippen LogP contribution in [0.25, 0.3) is 0 Å². The molecule has 1 aromatic rings. The van der Waals surface area contributed by atoms with Crippen LogP contribution in [-0.2, 0) is 14.4 Å². The van der Waals surface area contributed by atoms with Crippen molar-refractivity contribution in [1.82, 2.24) is 0 Å². The number of hydrogen-bond donors (Lipinski definition) is 0. The first kappa shape index (κ1) is 12.9. The third kappa shape index (κ3) is 3.01. The van der Waals surface area contributed by atoms with Crippen LogP contribution in [0.5, 0.6) is 5.75 Å². The Morgan fingerprint density at radius 3 is 2.39 bits per heavy atom. The second-order valence-electron chi connectivity index (χ2n) is 4.23. The van der Waals surface area contributed by atoms with Crippen LogP contribution in [0.15, 0.2) is 29.4 Å². The van der Waals surface area contributed by atoms with Crippen molar-refractivity contribution in [3.63, 3.8) is 0 Å². The van der Waals surface area contributed by atoms with Gasteiger partial charge in [0.05, 0.1) is 19.1 Å². The highest BCUT2D eigenvalue weighted by Crippen LogP contribution is 2.35. The van der Waals surface area contributed by atoms with Gasteiger partial charge in [0, 0.05) is 5.92 Å². The van der Waals surface area contributed by atoms with Crippen molar-refractivity contribution in [1.29, 1.82) is 0 Å². The van der Waals surface area contributed by atoms with Crippen LogP contribution in [0.2, 0.25) is 0 Å². The lowest BCUT2D eigenvalue weighted by Gasteiger charge is -2.27. The Kier molecular flexibility index (Phi) is 3.56. The summed E-state index contributed by atoms with van der Waals surface area (Å²) in [6, 6.07) is 7.67. The van der Waals surface area contributed by atoms with Crippen molar-refractivity contribution in [2.24, 2.45) is 5.16 Å². The molecular weight excluding hydrogens is 254 g/mol. The van der Waals surface area contributed by atoms with Gasteiger partial charge in [-0.3, -0.25) is 4.28 Å². The standard InChI is InChI=1S/C12H15NO4S/c1-16-10-5-3-9(4-6-10)11-7-8-12(11)13-17-18(2,14)15/h3-6,11H,7-8H2,1-2H3. The summed E-state index contributed by atoms with van der Waals surface area (Å²) in [6.07, 6.45) is 2.71. The van der Waals surface area contributed by atoms with Crippen LogP contribution in [0.4, 0.5) is 0 Å². The normalized spacial score (nSPS) is 21.4. The molecule has 6 heteroatoms. The molecule has 0 heterocycles. The van der Waals surface area contributed by atoms with Gasteiger partial charge in [-0.05, 0) is 30.5 Å². The lowest BCUT2D eigenvalue weighted by atomic mass is 9.78. The van der Waals surface area contributed by atoms with E-state index in [1.54, 1.807) is 7.11 Å². The molecule has 1 aliphatic carbocycles. The van der Waals surface area contributed by atoms with Crippen molar-refractivity contribution >= 4 is 15.8 Å². The number of rotatable bonds is 4. The summed E-state index contributed by atoms with van der Waals surface area (Å²) < 4.78 is 31.3. The Morgan fingerprint density at radius 1 is 1.28 bits per heavy atom. The smallest absolute Gasteiger partial charge is 0.325 e. The molecule has 0 N–H and O–H groups in total. The summed E-state index contributed by atoms with van der Waals surface area (Å²) in [5.74, 6) is 0.946. The molecule has 0 saturated heterocycles. The number of benzene rings is 1. The quantitative estimate of drug-likeness (QED) is 0.783. The molecule has 1 atom stereocenters. The zero-order chi connectivity index (χ0) is 13.2. The zero-order valence-electron chi connectivity index (χ0n) is 10.3. The zero-order valence-corrected chi connectivity index (χ0v) is 11.1. The Hall–Kier alpha value is -1.56. The summed E-state index contributed by atoms with van der Waals surface area (Å²) in [5, 5.41) is 3.70. The Bertz CT molecular complexity index is 548. The molecule has 0 aromatic heterocycles. The Labute approximate surface area is 107 Å². The highest BCUT2D eigenvalue weighted by Gasteiger charge is 2.28. The predicted molar refractivity (Wildman–Crippen MR) is 68.3 cm³/mol. The third-order valence-corrected chi connectivity index (χ3v) is 3.24. The van der Waals surface area contributed by atoms with Crippen LogP contribution in [0.1, 0.15) is 24.3 Å². The van der Waals surface area contributed by atoms with Crippen molar-refractivity contribution in [3.05, 3.63) is 29.8 Å². The molecule has 1 unspecified atom stereocenters. The first-order valence-corrected chi connectivity index (χ1v) is 7.40. The minimum absolute atomic E-state index is 0.151. The van der Waals surface area contributed by atoms with Crippen molar-refractivity contribution in [3.8, 4) is 5.75 Å². The van der Waals surface area contributed by atoms with Crippen LogP contribution < -0.4 is 4.74 Å². The van der Waals surface area contributed by atoms with Gasteiger partial charge in [-0.15, -0.1) is 0 Å². The minimum atomic E-state index is -3.52. The van der Waals surface area contributed by atoms with E-state index in [-0.39, 0.29) is 5.92 Å². The van der Waals surface area contributed by atoms with Gasteiger partial charge in [0.1, 0.15) is 5.75 Å². The van der Waals surface area contributed by atoms with Crippen LogP contribution in [0, 0.1) is 0 Å². The number of nitrogens with zero attached hydrogens (tertiary/aromatic N) is 1. The van der Waals surface area contributed by atoms with Gasteiger partial charge >= 0.3 is 10.1 Å². The molecule has 2 rings (SSSR count). The molecule has 5 nitrogen and oxygen atoms in total. The lowest BCUT2D eigenvalue weighted by Crippen LogP contribution is -2.24. The SMILES string of the molecule is COc1ccc(C2CCC2=NOS(C)(=O)=O)cc1. The van der Waals surface area contributed by atoms with Crippen LogP contribution in [0.3, 0.4) is 0 Å². The summed E-state index contributed by atoms with van der Waals surface area (Å²) in [4.78, 5) is 0. The molecule has 1 aliphatic rings. The van der Waals surface area contributed by atoms with E-state index in [0.29, 0.717) is 0 Å². The maximum atomic E-state index is 10.9. The molecular formula is C12H15NO4S. The van der Waals surface area contributed by atoms with Crippen molar-refractivity contribution < 1.29 is 17.4 Å². The monoisotopic (exact) mass is 269 g/mol. The van der Waals surface area contributed by atoms with E-state index in [9.17, 15) is 8.42 Å².